The minimum absolute atomic E-state index is 0.0938. The SMILES string of the molecule is CCCCCCCCCCCCCCCCCCCCCOCC(COP(=O)(O)OCC[N+](C)(C)C)OC(=O)CCCCCCCCCCCCCC. The number of unbranched alkanes of at least 4 members (excludes halogenated alkanes) is 29. The summed E-state index contributed by atoms with van der Waals surface area (Å²) in [5.74, 6) is -0.309. The number of ether oxygens (including phenoxy) is 2. The minimum Gasteiger partial charge on any atom is -0.457 e. The van der Waals surface area contributed by atoms with Gasteiger partial charge in [0.25, 0.3) is 0 Å². The van der Waals surface area contributed by atoms with Gasteiger partial charge in [0, 0.05) is 13.0 Å². The molecule has 0 bridgehead atoms. The Labute approximate surface area is 329 Å². The summed E-state index contributed by atoms with van der Waals surface area (Å²) in [5.41, 5.74) is 0. The van der Waals surface area contributed by atoms with Gasteiger partial charge in [0.1, 0.15) is 19.3 Å². The van der Waals surface area contributed by atoms with Gasteiger partial charge in [0.15, 0.2) is 0 Å². The van der Waals surface area contributed by atoms with Crippen LogP contribution in [0, 0.1) is 0 Å². The summed E-state index contributed by atoms with van der Waals surface area (Å²) in [6, 6.07) is 0. The van der Waals surface area contributed by atoms with Crippen LogP contribution in [0.1, 0.15) is 219 Å². The van der Waals surface area contributed by atoms with Gasteiger partial charge < -0.3 is 18.9 Å². The first kappa shape index (κ1) is 52.5. The Morgan fingerprint density at radius 2 is 0.868 bits per heavy atom. The van der Waals surface area contributed by atoms with Crippen molar-refractivity contribution >= 4 is 13.8 Å². The fraction of sp³-hybridized carbons (Fsp3) is 0.977. The maximum atomic E-state index is 12.7. The lowest BCUT2D eigenvalue weighted by molar-refractivity contribution is -0.870. The lowest BCUT2D eigenvalue weighted by Gasteiger charge is -2.24. The summed E-state index contributed by atoms with van der Waals surface area (Å²) in [4.78, 5) is 22.9. The molecule has 318 valence electrons. The van der Waals surface area contributed by atoms with Gasteiger partial charge >= 0.3 is 13.8 Å². The minimum atomic E-state index is -4.26. The molecule has 0 aromatic rings. The molecule has 0 aromatic carbocycles. The second kappa shape index (κ2) is 38.4. The topological polar surface area (TPSA) is 91.3 Å². The second-order valence-corrected chi connectivity index (χ2v) is 18.3. The Balaban J connectivity index is 4.12. The molecule has 0 amide bonds. The van der Waals surface area contributed by atoms with Gasteiger partial charge in [0.2, 0.25) is 0 Å². The monoisotopic (exact) mass is 777 g/mol. The van der Waals surface area contributed by atoms with Crippen molar-refractivity contribution in [1.29, 1.82) is 0 Å². The van der Waals surface area contributed by atoms with Crippen molar-refractivity contribution in [3.05, 3.63) is 0 Å². The number of phosphoric ester groups is 1. The van der Waals surface area contributed by atoms with Gasteiger partial charge in [-0.25, -0.2) is 4.57 Å². The molecule has 0 aliphatic heterocycles. The molecule has 0 aliphatic carbocycles. The zero-order valence-corrected chi connectivity index (χ0v) is 36.9. The quantitative estimate of drug-likeness (QED) is 0.0285. The zero-order valence-electron chi connectivity index (χ0n) is 36.0. The van der Waals surface area contributed by atoms with Crippen molar-refractivity contribution in [2.24, 2.45) is 0 Å². The van der Waals surface area contributed by atoms with Crippen LogP contribution in [0.25, 0.3) is 0 Å². The molecule has 0 fully saturated rings. The Morgan fingerprint density at radius 3 is 1.25 bits per heavy atom. The van der Waals surface area contributed by atoms with E-state index in [4.69, 9.17) is 18.5 Å². The third-order valence-corrected chi connectivity index (χ3v) is 11.2. The van der Waals surface area contributed by atoms with Gasteiger partial charge in [-0.05, 0) is 12.8 Å². The molecule has 0 spiro atoms. The van der Waals surface area contributed by atoms with Crippen LogP contribution >= 0.6 is 7.82 Å². The summed E-state index contributed by atoms with van der Waals surface area (Å²) < 4.78 is 35.0. The van der Waals surface area contributed by atoms with Crippen molar-refractivity contribution in [2.45, 2.75) is 225 Å². The van der Waals surface area contributed by atoms with Gasteiger partial charge in [-0.15, -0.1) is 0 Å². The molecule has 0 rings (SSSR count). The maximum Gasteiger partial charge on any atom is 0.472 e. The van der Waals surface area contributed by atoms with E-state index in [0.29, 0.717) is 24.1 Å². The fourth-order valence-electron chi connectivity index (χ4n) is 6.61. The standard InChI is InChI=1S/C44H90NO7P/c1-6-8-10-12-14-16-18-20-21-22-23-24-25-26-28-30-32-34-36-39-49-41-43(42-51-53(47,48)50-40-38-45(3,4)5)52-44(46)37-35-33-31-29-27-19-17-15-13-11-9-7-2/h43H,6-42H2,1-5H3/p+1. The highest BCUT2D eigenvalue weighted by molar-refractivity contribution is 7.47. The number of nitrogens with zero attached hydrogens (tertiary/aromatic N) is 1. The largest absolute Gasteiger partial charge is 0.472 e. The Bertz CT molecular complexity index is 822. The number of phosphoric acid groups is 1. The smallest absolute Gasteiger partial charge is 0.457 e. The molecule has 53 heavy (non-hydrogen) atoms. The third-order valence-electron chi connectivity index (χ3n) is 10.2. The predicted molar refractivity (Wildman–Crippen MR) is 224 cm³/mol. The Morgan fingerprint density at radius 1 is 0.509 bits per heavy atom. The normalized spacial score (nSPS) is 13.7. The van der Waals surface area contributed by atoms with E-state index >= 15 is 0 Å². The van der Waals surface area contributed by atoms with Crippen LogP contribution < -0.4 is 0 Å². The zero-order chi connectivity index (χ0) is 39.1. The van der Waals surface area contributed by atoms with Crippen molar-refractivity contribution in [1.82, 2.24) is 0 Å². The summed E-state index contributed by atoms with van der Waals surface area (Å²) in [7, 11) is 1.69. The van der Waals surface area contributed by atoms with Gasteiger partial charge in [0.05, 0.1) is 34.4 Å². The van der Waals surface area contributed by atoms with Crippen molar-refractivity contribution < 1.29 is 37.3 Å². The van der Waals surface area contributed by atoms with Crippen molar-refractivity contribution in [2.75, 3.05) is 54.1 Å². The van der Waals surface area contributed by atoms with Crippen LogP contribution in [-0.2, 0) is 27.9 Å². The predicted octanol–water partition coefficient (Wildman–Crippen LogP) is 13.3. The van der Waals surface area contributed by atoms with E-state index in [1.165, 1.54) is 167 Å². The van der Waals surface area contributed by atoms with Gasteiger partial charge in [-0.2, -0.15) is 0 Å². The number of esters is 1. The molecule has 0 saturated carbocycles. The second-order valence-electron chi connectivity index (χ2n) is 16.8. The Hall–Kier alpha value is -0.500. The lowest BCUT2D eigenvalue weighted by Crippen LogP contribution is -2.37. The van der Waals surface area contributed by atoms with Gasteiger partial charge in [-0.1, -0.05) is 200 Å². The van der Waals surface area contributed by atoms with Crippen LogP contribution in [0.2, 0.25) is 0 Å². The van der Waals surface area contributed by atoms with E-state index in [1.54, 1.807) is 0 Å². The molecular weight excluding hydrogens is 685 g/mol. The van der Waals surface area contributed by atoms with Gasteiger partial charge in [-0.3, -0.25) is 13.8 Å². The summed E-state index contributed by atoms with van der Waals surface area (Å²) in [6.45, 7) is 5.68. The maximum absolute atomic E-state index is 12.7. The number of hydrogen-bond donors (Lipinski definition) is 1. The molecule has 2 unspecified atom stereocenters. The van der Waals surface area contributed by atoms with E-state index in [-0.39, 0.29) is 25.8 Å². The average molecular weight is 777 g/mol. The molecule has 0 heterocycles. The first-order valence-electron chi connectivity index (χ1n) is 22.8. The van der Waals surface area contributed by atoms with E-state index in [9.17, 15) is 14.3 Å². The molecule has 2 atom stereocenters. The van der Waals surface area contributed by atoms with Crippen LogP contribution in [0.15, 0.2) is 0 Å². The molecule has 0 saturated heterocycles. The Kier molecular flexibility index (Phi) is 38.0. The number of rotatable bonds is 43. The molecular formula is C44H91NO7P+. The molecule has 0 aliphatic rings. The summed E-state index contributed by atoms with van der Waals surface area (Å²) >= 11 is 0. The molecule has 9 heteroatoms. The van der Waals surface area contributed by atoms with Crippen LogP contribution in [0.5, 0.6) is 0 Å². The highest BCUT2D eigenvalue weighted by Crippen LogP contribution is 2.43. The van der Waals surface area contributed by atoms with Crippen LogP contribution in [-0.4, -0.2) is 75.6 Å². The summed E-state index contributed by atoms with van der Waals surface area (Å²) in [5, 5.41) is 0. The number of carbonyl (C=O) groups is 1. The van der Waals surface area contributed by atoms with Crippen molar-refractivity contribution in [3.63, 3.8) is 0 Å². The summed E-state index contributed by atoms with van der Waals surface area (Å²) in [6.07, 6.45) is 39.9. The third kappa shape index (κ3) is 42.5. The molecule has 0 aromatic heterocycles. The fourth-order valence-corrected chi connectivity index (χ4v) is 7.35. The number of likely N-dealkylation sites (N-methyl/N-ethyl adjacent to an activating group) is 1. The highest BCUT2D eigenvalue weighted by Gasteiger charge is 2.26. The number of hydrogen-bond acceptors (Lipinski definition) is 6. The van der Waals surface area contributed by atoms with Crippen LogP contribution in [0.4, 0.5) is 0 Å². The van der Waals surface area contributed by atoms with Crippen molar-refractivity contribution in [3.8, 4) is 0 Å². The van der Waals surface area contributed by atoms with E-state index in [1.807, 2.05) is 21.1 Å². The van der Waals surface area contributed by atoms with Crippen LogP contribution in [0.3, 0.4) is 0 Å². The first-order valence-corrected chi connectivity index (χ1v) is 24.3. The van der Waals surface area contributed by atoms with E-state index in [0.717, 1.165) is 32.1 Å². The highest BCUT2D eigenvalue weighted by atomic mass is 31.2. The molecule has 1 N–H and O–H groups in total. The van der Waals surface area contributed by atoms with E-state index in [2.05, 4.69) is 13.8 Å². The number of quaternary nitrogens is 1. The molecule has 0 radical (unpaired) electrons. The average Bonchev–Trinajstić information content (AvgIpc) is 3.11. The van der Waals surface area contributed by atoms with E-state index < -0.39 is 13.9 Å². The lowest BCUT2D eigenvalue weighted by atomic mass is 10.0. The molecule has 8 nitrogen and oxygen atoms in total. The first-order chi connectivity index (χ1) is 25.6. The number of carbonyl (C=O) groups excluding carboxylic acids is 1.